The molecule has 1 atom stereocenters. The van der Waals surface area contributed by atoms with Gasteiger partial charge < -0.3 is 5.32 Å². The quantitative estimate of drug-likeness (QED) is 0.862. The molecule has 0 aliphatic rings. The predicted octanol–water partition coefficient (Wildman–Crippen LogP) is 2.43. The molecular weight excluding hydrogens is 218 g/mol. The van der Waals surface area contributed by atoms with Crippen molar-refractivity contribution < 1.29 is 0 Å². The Balaban J connectivity index is 2.11. The first-order valence-electron chi connectivity index (χ1n) is 5.43. The van der Waals surface area contributed by atoms with Crippen molar-refractivity contribution in [1.82, 2.24) is 15.5 Å². The molecule has 0 saturated heterocycles. The van der Waals surface area contributed by atoms with Crippen molar-refractivity contribution in [2.45, 2.75) is 19.4 Å². The summed E-state index contributed by atoms with van der Waals surface area (Å²) >= 11 is 1.61. The summed E-state index contributed by atoms with van der Waals surface area (Å²) in [6.45, 7) is 3.08. The van der Waals surface area contributed by atoms with Crippen LogP contribution in [0.2, 0.25) is 0 Å². The first-order valence-corrected chi connectivity index (χ1v) is 6.31. The van der Waals surface area contributed by atoms with E-state index in [4.69, 9.17) is 0 Å². The van der Waals surface area contributed by atoms with Crippen molar-refractivity contribution in [3.63, 3.8) is 0 Å². The highest BCUT2D eigenvalue weighted by Gasteiger charge is 2.12. The molecule has 3 nitrogen and oxygen atoms in total. The van der Waals surface area contributed by atoms with E-state index < -0.39 is 0 Å². The molecule has 0 amide bonds. The number of hydrogen-bond acceptors (Lipinski definition) is 4. The van der Waals surface area contributed by atoms with Gasteiger partial charge in [0.05, 0.1) is 0 Å². The zero-order valence-corrected chi connectivity index (χ0v) is 10.1. The van der Waals surface area contributed by atoms with Crippen molar-refractivity contribution in [3.05, 3.63) is 46.4 Å². The van der Waals surface area contributed by atoms with Crippen LogP contribution < -0.4 is 5.32 Å². The van der Waals surface area contributed by atoms with Gasteiger partial charge in [-0.05, 0) is 12.1 Å². The van der Waals surface area contributed by atoms with E-state index in [2.05, 4.69) is 46.7 Å². The molecule has 0 saturated carbocycles. The highest BCUT2D eigenvalue weighted by Crippen LogP contribution is 2.18. The fourth-order valence-corrected chi connectivity index (χ4v) is 2.27. The third-order valence-electron chi connectivity index (χ3n) is 2.44. The lowest BCUT2D eigenvalue weighted by Crippen LogP contribution is -2.22. The van der Waals surface area contributed by atoms with Crippen molar-refractivity contribution in [1.29, 1.82) is 0 Å². The van der Waals surface area contributed by atoms with Crippen LogP contribution in [0.15, 0.2) is 35.8 Å². The third kappa shape index (κ3) is 2.87. The zero-order chi connectivity index (χ0) is 11.2. The van der Waals surface area contributed by atoms with Gasteiger partial charge in [0, 0.05) is 12.5 Å². The minimum atomic E-state index is 0.333. The molecule has 2 aromatic rings. The normalized spacial score (nSPS) is 12.6. The highest BCUT2D eigenvalue weighted by atomic mass is 32.1. The summed E-state index contributed by atoms with van der Waals surface area (Å²) < 4.78 is 0. The van der Waals surface area contributed by atoms with Crippen LogP contribution >= 0.6 is 11.3 Å². The molecule has 4 heteroatoms. The van der Waals surface area contributed by atoms with E-state index in [0.29, 0.717) is 6.04 Å². The number of benzene rings is 1. The van der Waals surface area contributed by atoms with E-state index in [1.54, 1.807) is 16.8 Å². The van der Waals surface area contributed by atoms with Gasteiger partial charge in [-0.3, -0.25) is 0 Å². The van der Waals surface area contributed by atoms with Crippen LogP contribution in [-0.4, -0.2) is 16.7 Å². The van der Waals surface area contributed by atoms with E-state index in [1.807, 2.05) is 6.07 Å². The third-order valence-corrected chi connectivity index (χ3v) is 3.16. The number of aromatic nitrogens is 2. The monoisotopic (exact) mass is 233 g/mol. The average molecular weight is 233 g/mol. The lowest BCUT2D eigenvalue weighted by atomic mass is 10.0. The summed E-state index contributed by atoms with van der Waals surface area (Å²) in [5.41, 5.74) is 3.09. The van der Waals surface area contributed by atoms with Gasteiger partial charge in [-0.25, -0.2) is 0 Å². The van der Waals surface area contributed by atoms with Gasteiger partial charge in [0.15, 0.2) is 0 Å². The summed E-state index contributed by atoms with van der Waals surface area (Å²) in [6.07, 6.45) is 0.905. The number of likely N-dealkylation sites (N-methyl/N-ethyl adjacent to an activating group) is 1. The van der Waals surface area contributed by atoms with Crippen molar-refractivity contribution >= 4 is 11.3 Å². The summed E-state index contributed by atoms with van der Waals surface area (Å²) in [5.74, 6) is 0. The first kappa shape index (κ1) is 11.2. The lowest BCUT2D eigenvalue weighted by molar-refractivity contribution is 0.547. The SMILES string of the molecule is CCNC(Cc1nncs1)c1ccccc1. The summed E-state index contributed by atoms with van der Waals surface area (Å²) in [7, 11) is 0. The summed E-state index contributed by atoms with van der Waals surface area (Å²) in [6, 6.07) is 10.8. The lowest BCUT2D eigenvalue weighted by Gasteiger charge is -2.16. The van der Waals surface area contributed by atoms with Crippen LogP contribution in [-0.2, 0) is 6.42 Å². The molecule has 0 bridgehead atoms. The van der Waals surface area contributed by atoms with Crippen LogP contribution in [0.5, 0.6) is 0 Å². The van der Waals surface area contributed by atoms with Crippen LogP contribution in [0, 0.1) is 0 Å². The molecule has 0 aliphatic heterocycles. The molecule has 1 heterocycles. The van der Waals surface area contributed by atoms with Gasteiger partial charge in [0.2, 0.25) is 0 Å². The average Bonchev–Trinajstić information content (AvgIpc) is 2.83. The Bertz CT molecular complexity index is 399. The van der Waals surface area contributed by atoms with Gasteiger partial charge in [0.1, 0.15) is 10.5 Å². The zero-order valence-electron chi connectivity index (χ0n) is 9.26. The molecule has 0 spiro atoms. The summed E-state index contributed by atoms with van der Waals surface area (Å²) in [5, 5.41) is 12.5. The van der Waals surface area contributed by atoms with Crippen molar-refractivity contribution in [2.24, 2.45) is 0 Å². The fourth-order valence-electron chi connectivity index (χ4n) is 1.70. The van der Waals surface area contributed by atoms with E-state index in [1.165, 1.54) is 5.56 Å². The predicted molar refractivity (Wildman–Crippen MR) is 66.5 cm³/mol. The smallest absolute Gasteiger partial charge is 0.119 e. The van der Waals surface area contributed by atoms with Crippen LogP contribution in [0.3, 0.4) is 0 Å². The number of nitrogens with zero attached hydrogens (tertiary/aromatic N) is 2. The Hall–Kier alpha value is -1.26. The largest absolute Gasteiger partial charge is 0.310 e. The van der Waals surface area contributed by atoms with Crippen molar-refractivity contribution in [3.8, 4) is 0 Å². The summed E-state index contributed by atoms with van der Waals surface area (Å²) in [4.78, 5) is 0. The minimum absolute atomic E-state index is 0.333. The maximum absolute atomic E-state index is 4.09. The van der Waals surface area contributed by atoms with Crippen molar-refractivity contribution in [2.75, 3.05) is 6.54 Å². The van der Waals surface area contributed by atoms with E-state index in [9.17, 15) is 0 Å². The van der Waals surface area contributed by atoms with Gasteiger partial charge >= 0.3 is 0 Å². The molecule has 0 aliphatic carbocycles. The Labute approximate surface area is 99.5 Å². The van der Waals surface area contributed by atoms with Crippen LogP contribution in [0.1, 0.15) is 23.5 Å². The topological polar surface area (TPSA) is 37.8 Å². The second-order valence-electron chi connectivity index (χ2n) is 3.56. The second kappa shape index (κ2) is 5.72. The first-order chi connectivity index (χ1) is 7.90. The molecule has 0 fully saturated rings. The van der Waals surface area contributed by atoms with Crippen LogP contribution in [0.4, 0.5) is 0 Å². The standard InChI is InChI=1S/C12H15N3S/c1-2-13-11(8-12-15-14-9-16-12)10-6-4-3-5-7-10/h3-7,9,11,13H,2,8H2,1H3. The molecule has 84 valence electrons. The molecular formula is C12H15N3S. The molecule has 1 N–H and O–H groups in total. The van der Waals surface area contributed by atoms with Gasteiger partial charge in [-0.2, -0.15) is 0 Å². The molecule has 1 aromatic carbocycles. The Kier molecular flexibility index (Phi) is 4.02. The molecule has 0 radical (unpaired) electrons. The number of nitrogens with one attached hydrogen (secondary N) is 1. The second-order valence-corrected chi connectivity index (χ2v) is 4.48. The van der Waals surface area contributed by atoms with Crippen LogP contribution in [0.25, 0.3) is 0 Å². The van der Waals surface area contributed by atoms with Gasteiger partial charge in [-0.1, -0.05) is 37.3 Å². The maximum Gasteiger partial charge on any atom is 0.119 e. The minimum Gasteiger partial charge on any atom is -0.310 e. The van der Waals surface area contributed by atoms with E-state index in [0.717, 1.165) is 18.0 Å². The Morgan fingerprint density at radius 3 is 2.75 bits per heavy atom. The molecule has 2 rings (SSSR count). The molecule has 1 unspecified atom stereocenters. The Morgan fingerprint density at radius 2 is 2.12 bits per heavy atom. The molecule has 16 heavy (non-hydrogen) atoms. The Morgan fingerprint density at radius 1 is 1.31 bits per heavy atom. The fraction of sp³-hybridized carbons (Fsp3) is 0.333. The van der Waals surface area contributed by atoms with E-state index in [-0.39, 0.29) is 0 Å². The maximum atomic E-state index is 4.09. The van der Waals surface area contributed by atoms with Gasteiger partial charge in [-0.15, -0.1) is 21.5 Å². The molecule has 1 aromatic heterocycles. The van der Waals surface area contributed by atoms with E-state index >= 15 is 0 Å². The number of hydrogen-bond donors (Lipinski definition) is 1. The highest BCUT2D eigenvalue weighted by molar-refractivity contribution is 7.09. The van der Waals surface area contributed by atoms with Gasteiger partial charge in [0.25, 0.3) is 0 Å². The number of rotatable bonds is 5.